The molecule has 0 saturated carbocycles. The minimum Gasteiger partial charge on any atom is -0.269 e. The van der Waals surface area contributed by atoms with Gasteiger partial charge < -0.3 is 0 Å². The number of aromatic amines is 2. The number of aromatic nitrogens is 4. The van der Waals surface area contributed by atoms with Crippen molar-refractivity contribution in [3.05, 3.63) is 32.6 Å². The summed E-state index contributed by atoms with van der Waals surface area (Å²) in [5.74, 6) is 0.241. The van der Waals surface area contributed by atoms with Crippen molar-refractivity contribution in [2.24, 2.45) is 0 Å². The van der Waals surface area contributed by atoms with Gasteiger partial charge in [0.25, 0.3) is 5.56 Å². The van der Waals surface area contributed by atoms with Gasteiger partial charge in [0.1, 0.15) is 0 Å². The highest BCUT2D eigenvalue weighted by Crippen LogP contribution is 1.87. The molecule has 0 radical (unpaired) electrons. The first kappa shape index (κ1) is 6.84. The third-order valence-corrected chi connectivity index (χ3v) is 1.53. The van der Waals surface area contributed by atoms with Crippen LogP contribution in [0.3, 0.4) is 0 Å². The molecule has 2 heterocycles. The fraction of sp³-hybridized carbons (Fsp3) is 0.167. The predicted molar refractivity (Wildman–Crippen MR) is 41.2 cm³/mol. The number of nitrogens with one attached hydrogen (secondary N) is 2. The first-order chi connectivity index (χ1) is 5.68. The van der Waals surface area contributed by atoms with Crippen molar-refractivity contribution in [1.29, 1.82) is 0 Å². The van der Waals surface area contributed by atoms with Gasteiger partial charge in [-0.05, 0) is 6.92 Å². The summed E-state index contributed by atoms with van der Waals surface area (Å²) in [5.41, 5.74) is -0.294. The molecule has 0 atom stereocenters. The molecule has 2 rings (SSSR count). The standard InChI is InChI=1S/C6H6N4O2/c1-3-2-4(11)10-5(7-3)8-9-6(10)12/h2H,1H3,(H,7,8)(H,9,12). The summed E-state index contributed by atoms with van der Waals surface area (Å²) in [5, 5.41) is 4.75. The zero-order chi connectivity index (χ0) is 8.72. The number of nitrogens with zero attached hydrogens (tertiary/aromatic N) is 2. The van der Waals surface area contributed by atoms with Crippen molar-refractivity contribution in [3.63, 3.8) is 0 Å². The summed E-state index contributed by atoms with van der Waals surface area (Å²) in [4.78, 5) is 26.0. The summed E-state index contributed by atoms with van der Waals surface area (Å²) in [6, 6.07) is 1.30. The van der Waals surface area contributed by atoms with E-state index in [-0.39, 0.29) is 11.3 Å². The van der Waals surface area contributed by atoms with Crippen LogP contribution in [-0.2, 0) is 0 Å². The van der Waals surface area contributed by atoms with Crippen LogP contribution < -0.4 is 11.2 Å². The molecule has 62 valence electrons. The van der Waals surface area contributed by atoms with Crippen molar-refractivity contribution < 1.29 is 0 Å². The van der Waals surface area contributed by atoms with Gasteiger partial charge in [0.15, 0.2) is 0 Å². The maximum absolute atomic E-state index is 11.2. The summed E-state index contributed by atoms with van der Waals surface area (Å²) in [6.07, 6.45) is 0. The Balaban J connectivity index is 3.13. The topological polar surface area (TPSA) is 83.0 Å². The Bertz CT molecular complexity index is 532. The molecule has 0 spiro atoms. The van der Waals surface area contributed by atoms with Gasteiger partial charge in [-0.3, -0.25) is 9.89 Å². The largest absolute Gasteiger partial charge is 0.350 e. The molecule has 2 aromatic rings. The van der Waals surface area contributed by atoms with E-state index in [4.69, 9.17) is 0 Å². The van der Waals surface area contributed by atoms with Crippen LogP contribution in [0.1, 0.15) is 5.69 Å². The molecule has 0 aliphatic carbocycles. The van der Waals surface area contributed by atoms with E-state index in [1.54, 1.807) is 6.92 Å². The van der Waals surface area contributed by atoms with Crippen molar-refractivity contribution >= 4 is 5.78 Å². The third-order valence-electron chi connectivity index (χ3n) is 1.53. The maximum atomic E-state index is 11.2. The Morgan fingerprint density at radius 3 is 2.92 bits per heavy atom. The van der Waals surface area contributed by atoms with Gasteiger partial charge in [-0.1, -0.05) is 0 Å². The second-order valence-electron chi connectivity index (χ2n) is 2.45. The lowest BCUT2D eigenvalue weighted by atomic mass is 10.4. The van der Waals surface area contributed by atoms with Gasteiger partial charge in [0.2, 0.25) is 5.78 Å². The van der Waals surface area contributed by atoms with Crippen LogP contribution in [0.2, 0.25) is 0 Å². The van der Waals surface area contributed by atoms with E-state index < -0.39 is 5.69 Å². The molecule has 2 aromatic heterocycles. The van der Waals surface area contributed by atoms with E-state index >= 15 is 0 Å². The van der Waals surface area contributed by atoms with Crippen molar-refractivity contribution in [3.8, 4) is 0 Å². The smallest absolute Gasteiger partial charge is 0.269 e. The number of hydrogen-bond acceptors (Lipinski definition) is 3. The van der Waals surface area contributed by atoms with Gasteiger partial charge in [0.05, 0.1) is 0 Å². The zero-order valence-electron chi connectivity index (χ0n) is 6.29. The van der Waals surface area contributed by atoms with E-state index in [2.05, 4.69) is 15.2 Å². The Morgan fingerprint density at radius 1 is 1.42 bits per heavy atom. The fourth-order valence-corrected chi connectivity index (χ4v) is 1.04. The van der Waals surface area contributed by atoms with E-state index in [0.717, 1.165) is 4.40 Å². The fourth-order valence-electron chi connectivity index (χ4n) is 1.04. The molecule has 0 aliphatic rings. The number of H-pyrrole nitrogens is 2. The molecule has 0 fully saturated rings. The number of rotatable bonds is 0. The molecular weight excluding hydrogens is 160 g/mol. The Hall–Kier alpha value is -1.85. The second-order valence-corrected chi connectivity index (χ2v) is 2.45. The molecule has 0 aliphatic heterocycles. The molecule has 0 bridgehead atoms. The lowest BCUT2D eigenvalue weighted by Gasteiger charge is -1.89. The summed E-state index contributed by atoms with van der Waals surface area (Å²) >= 11 is 0. The van der Waals surface area contributed by atoms with Crippen LogP contribution in [0.25, 0.3) is 5.78 Å². The highest BCUT2D eigenvalue weighted by molar-refractivity contribution is 5.25. The Morgan fingerprint density at radius 2 is 2.17 bits per heavy atom. The average Bonchev–Trinajstić information content (AvgIpc) is 2.31. The normalized spacial score (nSPS) is 10.8. The summed E-state index contributed by atoms with van der Waals surface area (Å²) in [7, 11) is 0. The van der Waals surface area contributed by atoms with Crippen LogP contribution in [0, 0.1) is 6.92 Å². The van der Waals surface area contributed by atoms with Gasteiger partial charge in [-0.15, -0.1) is 0 Å². The van der Waals surface area contributed by atoms with E-state index in [1.807, 2.05) is 0 Å². The van der Waals surface area contributed by atoms with Crippen LogP contribution in [0.4, 0.5) is 0 Å². The van der Waals surface area contributed by atoms with Crippen molar-refractivity contribution in [1.82, 2.24) is 19.6 Å². The minimum atomic E-state index is -0.498. The van der Waals surface area contributed by atoms with Crippen LogP contribution >= 0.6 is 0 Å². The lowest BCUT2D eigenvalue weighted by Crippen LogP contribution is -2.24. The second kappa shape index (κ2) is 2.07. The summed E-state index contributed by atoms with van der Waals surface area (Å²) in [6.45, 7) is 1.69. The predicted octanol–water partition coefficient (Wildman–Crippen LogP) is -0.981. The first-order valence-electron chi connectivity index (χ1n) is 3.35. The van der Waals surface area contributed by atoms with Crippen molar-refractivity contribution in [2.75, 3.05) is 0 Å². The SMILES string of the molecule is Cc1cc(=O)n2c(=O)[nH][nH]c2n1. The van der Waals surface area contributed by atoms with E-state index in [1.165, 1.54) is 6.07 Å². The zero-order valence-corrected chi connectivity index (χ0v) is 6.29. The molecule has 6 nitrogen and oxygen atoms in total. The quantitative estimate of drug-likeness (QED) is 0.527. The Kier molecular flexibility index (Phi) is 1.18. The van der Waals surface area contributed by atoms with Crippen LogP contribution in [0.15, 0.2) is 15.7 Å². The molecule has 0 saturated heterocycles. The monoisotopic (exact) mass is 166 g/mol. The molecule has 12 heavy (non-hydrogen) atoms. The molecule has 0 aromatic carbocycles. The number of fused-ring (bicyclic) bond motifs is 1. The van der Waals surface area contributed by atoms with Crippen LogP contribution in [0.5, 0.6) is 0 Å². The van der Waals surface area contributed by atoms with Crippen LogP contribution in [-0.4, -0.2) is 19.6 Å². The molecule has 0 amide bonds. The third kappa shape index (κ3) is 0.777. The highest BCUT2D eigenvalue weighted by atomic mass is 16.2. The molecule has 6 heteroatoms. The van der Waals surface area contributed by atoms with Crippen molar-refractivity contribution in [2.45, 2.75) is 6.92 Å². The molecule has 2 N–H and O–H groups in total. The van der Waals surface area contributed by atoms with E-state index in [0.29, 0.717) is 5.69 Å². The van der Waals surface area contributed by atoms with E-state index in [9.17, 15) is 9.59 Å². The van der Waals surface area contributed by atoms with Gasteiger partial charge in [-0.25, -0.2) is 14.9 Å². The average molecular weight is 166 g/mol. The number of aryl methyl sites for hydroxylation is 1. The summed E-state index contributed by atoms with van der Waals surface area (Å²) < 4.78 is 0.937. The highest BCUT2D eigenvalue weighted by Gasteiger charge is 2.02. The first-order valence-corrected chi connectivity index (χ1v) is 3.35. The minimum absolute atomic E-state index is 0.241. The van der Waals surface area contributed by atoms with Gasteiger partial charge in [0, 0.05) is 11.8 Å². The van der Waals surface area contributed by atoms with Gasteiger partial charge in [-0.2, -0.15) is 4.40 Å². The number of hydrogen-bond donors (Lipinski definition) is 2. The Labute approximate surface area is 65.9 Å². The van der Waals surface area contributed by atoms with Gasteiger partial charge >= 0.3 is 5.69 Å². The molecule has 0 unspecified atom stereocenters. The lowest BCUT2D eigenvalue weighted by molar-refractivity contribution is 0.977. The maximum Gasteiger partial charge on any atom is 0.350 e. The molecular formula is C6H6N4O2.